The van der Waals surface area contributed by atoms with Gasteiger partial charge in [-0.05, 0) is 13.3 Å². The normalized spacial score (nSPS) is 9.18. The number of rotatable bonds is 6. The summed E-state index contributed by atoms with van der Waals surface area (Å²) in [4.78, 5) is 20.1. The van der Waals surface area contributed by atoms with Crippen LogP contribution in [0.4, 0.5) is 0 Å². The van der Waals surface area contributed by atoms with E-state index in [1.165, 1.54) is 0 Å². The predicted octanol–water partition coefficient (Wildman–Crippen LogP) is 0.503. The first kappa shape index (κ1) is 10.1. The van der Waals surface area contributed by atoms with Crippen molar-refractivity contribution in [3.05, 3.63) is 0 Å². The molecule has 11 heavy (non-hydrogen) atoms. The number of carbonyl (C=O) groups excluding carboxylic acids is 2. The molecule has 0 atom stereocenters. The van der Waals surface area contributed by atoms with Gasteiger partial charge in [0.1, 0.15) is 0 Å². The molecule has 64 valence electrons. The summed E-state index contributed by atoms with van der Waals surface area (Å²) in [6, 6.07) is 0. The van der Waals surface area contributed by atoms with Crippen molar-refractivity contribution in [1.82, 2.24) is 0 Å². The van der Waals surface area contributed by atoms with Gasteiger partial charge in [-0.1, -0.05) is 0 Å². The summed E-state index contributed by atoms with van der Waals surface area (Å²) in [5.74, 6) is -0.500. The highest BCUT2D eigenvalue weighted by Crippen LogP contribution is 1.91. The van der Waals surface area contributed by atoms with Gasteiger partial charge in [-0.15, -0.1) is 0 Å². The molecule has 0 radical (unpaired) electrons. The quantitative estimate of drug-likeness (QED) is 0.246. The highest BCUT2D eigenvalue weighted by Gasteiger charge is 2.00. The van der Waals surface area contributed by atoms with Gasteiger partial charge in [0.05, 0.1) is 0 Å². The molecule has 4 heteroatoms. The third-order valence-corrected chi connectivity index (χ3v) is 1.05. The number of ether oxygens (including phenoxy) is 2. The monoisotopic (exact) mass is 160 g/mol. The lowest BCUT2D eigenvalue weighted by atomic mass is 10.3. The molecule has 0 aromatic heterocycles. The Bertz CT molecular complexity index is 122. The first-order chi connectivity index (χ1) is 5.31. The average molecular weight is 160 g/mol. The van der Waals surface area contributed by atoms with Gasteiger partial charge in [0.25, 0.3) is 0 Å². The Kier molecular flexibility index (Phi) is 6.62. The second-order valence-electron chi connectivity index (χ2n) is 1.89. The van der Waals surface area contributed by atoms with Crippen LogP contribution in [0.25, 0.3) is 0 Å². The second-order valence-corrected chi connectivity index (χ2v) is 1.89. The van der Waals surface area contributed by atoms with Crippen LogP contribution in [0.5, 0.6) is 0 Å². The van der Waals surface area contributed by atoms with E-state index in [-0.39, 0.29) is 12.9 Å². The number of hydrogen-bond donors (Lipinski definition) is 0. The summed E-state index contributed by atoms with van der Waals surface area (Å²) in [7, 11) is 0. The predicted molar refractivity (Wildman–Crippen MR) is 37.9 cm³/mol. The Balaban J connectivity index is 3.10. The minimum atomic E-state index is -0.500. The van der Waals surface area contributed by atoms with Gasteiger partial charge in [0.2, 0.25) is 0 Å². The zero-order valence-electron chi connectivity index (χ0n) is 6.54. The SMILES string of the molecule is CCOCCCC(=O)OC=O. The van der Waals surface area contributed by atoms with E-state index in [9.17, 15) is 9.59 Å². The Hall–Kier alpha value is -0.900. The van der Waals surface area contributed by atoms with Crippen LogP contribution in [-0.4, -0.2) is 25.7 Å². The Morgan fingerprint density at radius 1 is 1.55 bits per heavy atom. The van der Waals surface area contributed by atoms with Crippen molar-refractivity contribution in [2.24, 2.45) is 0 Å². The molecule has 4 nitrogen and oxygen atoms in total. The van der Waals surface area contributed by atoms with Gasteiger partial charge >= 0.3 is 12.4 Å². The zero-order chi connectivity index (χ0) is 8.53. The maximum absolute atomic E-state index is 10.5. The Labute approximate surface area is 65.5 Å². The first-order valence-electron chi connectivity index (χ1n) is 3.52. The molecule has 0 amide bonds. The van der Waals surface area contributed by atoms with Crippen LogP contribution in [-0.2, 0) is 19.1 Å². The van der Waals surface area contributed by atoms with Crippen molar-refractivity contribution in [1.29, 1.82) is 0 Å². The van der Waals surface area contributed by atoms with Gasteiger partial charge < -0.3 is 9.47 Å². The van der Waals surface area contributed by atoms with Crippen LogP contribution in [0.15, 0.2) is 0 Å². The molecule has 0 aromatic rings. The third kappa shape index (κ3) is 6.99. The van der Waals surface area contributed by atoms with Crippen molar-refractivity contribution >= 4 is 12.4 Å². The first-order valence-corrected chi connectivity index (χ1v) is 3.52. The fraction of sp³-hybridized carbons (Fsp3) is 0.714. The summed E-state index contributed by atoms with van der Waals surface area (Å²) < 4.78 is 9.01. The summed E-state index contributed by atoms with van der Waals surface area (Å²) >= 11 is 0. The van der Waals surface area contributed by atoms with Crippen molar-refractivity contribution < 1.29 is 19.1 Å². The fourth-order valence-corrected chi connectivity index (χ4v) is 0.575. The van der Waals surface area contributed by atoms with E-state index in [0.717, 1.165) is 0 Å². The van der Waals surface area contributed by atoms with Gasteiger partial charge in [-0.3, -0.25) is 9.59 Å². The van der Waals surface area contributed by atoms with Gasteiger partial charge in [-0.25, -0.2) is 0 Å². The largest absolute Gasteiger partial charge is 0.395 e. The third-order valence-electron chi connectivity index (χ3n) is 1.05. The summed E-state index contributed by atoms with van der Waals surface area (Å²) in [5.41, 5.74) is 0. The van der Waals surface area contributed by atoms with E-state index in [2.05, 4.69) is 4.74 Å². The van der Waals surface area contributed by atoms with Gasteiger partial charge in [0.15, 0.2) is 0 Å². The smallest absolute Gasteiger partial charge is 0.313 e. The topological polar surface area (TPSA) is 52.6 Å². The molecular formula is C7H12O4. The average Bonchev–Trinajstić information content (AvgIpc) is 1.99. The number of esters is 1. The van der Waals surface area contributed by atoms with E-state index < -0.39 is 5.97 Å². The summed E-state index contributed by atoms with van der Waals surface area (Å²) in [6.45, 7) is 3.19. The number of carbonyl (C=O) groups is 2. The van der Waals surface area contributed by atoms with Crippen molar-refractivity contribution in [2.45, 2.75) is 19.8 Å². The molecule has 0 heterocycles. The lowest BCUT2D eigenvalue weighted by Crippen LogP contribution is -2.04. The molecule has 0 aliphatic heterocycles. The standard InChI is InChI=1S/C7H12O4/c1-2-10-5-3-4-7(9)11-6-8/h6H,2-5H2,1H3. The summed E-state index contributed by atoms with van der Waals surface area (Å²) in [5, 5.41) is 0. The van der Waals surface area contributed by atoms with E-state index in [1.807, 2.05) is 6.92 Å². The van der Waals surface area contributed by atoms with Gasteiger partial charge in [0, 0.05) is 19.6 Å². The number of hydrogen-bond acceptors (Lipinski definition) is 4. The molecule has 0 N–H and O–H groups in total. The van der Waals surface area contributed by atoms with Gasteiger partial charge in [-0.2, -0.15) is 0 Å². The maximum Gasteiger partial charge on any atom is 0.313 e. The zero-order valence-corrected chi connectivity index (χ0v) is 6.54. The second kappa shape index (κ2) is 7.21. The molecule has 0 aliphatic carbocycles. The van der Waals surface area contributed by atoms with Crippen LogP contribution in [0.2, 0.25) is 0 Å². The van der Waals surface area contributed by atoms with Crippen LogP contribution in [0.1, 0.15) is 19.8 Å². The maximum atomic E-state index is 10.5. The van der Waals surface area contributed by atoms with Crippen molar-refractivity contribution in [3.63, 3.8) is 0 Å². The van der Waals surface area contributed by atoms with Crippen LogP contribution >= 0.6 is 0 Å². The van der Waals surface area contributed by atoms with E-state index in [1.54, 1.807) is 0 Å². The summed E-state index contributed by atoms with van der Waals surface area (Å²) in [6.07, 6.45) is 0.833. The molecule has 0 bridgehead atoms. The van der Waals surface area contributed by atoms with Crippen LogP contribution in [0.3, 0.4) is 0 Å². The molecule has 0 aromatic carbocycles. The molecule has 0 rings (SSSR count). The fourth-order valence-electron chi connectivity index (χ4n) is 0.575. The van der Waals surface area contributed by atoms with E-state index in [0.29, 0.717) is 19.6 Å². The van der Waals surface area contributed by atoms with Crippen LogP contribution < -0.4 is 0 Å². The minimum Gasteiger partial charge on any atom is -0.395 e. The van der Waals surface area contributed by atoms with E-state index in [4.69, 9.17) is 4.74 Å². The molecule has 0 aliphatic rings. The van der Waals surface area contributed by atoms with Crippen LogP contribution in [0, 0.1) is 0 Å². The van der Waals surface area contributed by atoms with Crippen molar-refractivity contribution in [2.75, 3.05) is 13.2 Å². The minimum absolute atomic E-state index is 0.142. The molecule has 0 saturated heterocycles. The highest BCUT2D eigenvalue weighted by molar-refractivity contribution is 5.76. The molecule has 0 unspecified atom stereocenters. The highest BCUT2D eigenvalue weighted by atomic mass is 16.6. The molecular weight excluding hydrogens is 148 g/mol. The van der Waals surface area contributed by atoms with Crippen molar-refractivity contribution in [3.8, 4) is 0 Å². The Morgan fingerprint density at radius 2 is 2.27 bits per heavy atom. The van der Waals surface area contributed by atoms with E-state index >= 15 is 0 Å². The Morgan fingerprint density at radius 3 is 2.82 bits per heavy atom. The lowest BCUT2D eigenvalue weighted by molar-refractivity contribution is -0.151. The molecule has 0 saturated carbocycles. The molecule has 0 spiro atoms. The molecule has 0 fully saturated rings. The lowest BCUT2D eigenvalue weighted by Gasteiger charge is -1.98.